The molecular weight excluding hydrogens is 280 g/mol. The fourth-order valence-electron chi connectivity index (χ4n) is 2.44. The Morgan fingerprint density at radius 2 is 2.18 bits per heavy atom. The van der Waals surface area contributed by atoms with Gasteiger partial charge in [-0.2, -0.15) is 0 Å². The van der Waals surface area contributed by atoms with Crippen LogP contribution in [0.15, 0.2) is 18.2 Å². The zero-order valence-electron chi connectivity index (χ0n) is 13.6. The van der Waals surface area contributed by atoms with E-state index in [-0.39, 0.29) is 5.91 Å². The molecule has 1 atom stereocenters. The van der Waals surface area contributed by atoms with Crippen LogP contribution in [0.3, 0.4) is 0 Å². The van der Waals surface area contributed by atoms with Gasteiger partial charge < -0.3 is 20.5 Å². The quantitative estimate of drug-likeness (QED) is 0.722. The summed E-state index contributed by atoms with van der Waals surface area (Å²) in [5, 5.41) is 3.00. The Morgan fingerprint density at radius 1 is 1.45 bits per heavy atom. The van der Waals surface area contributed by atoms with Crippen molar-refractivity contribution >= 4 is 5.91 Å². The number of hydrogen-bond acceptors (Lipinski definition) is 4. The minimum absolute atomic E-state index is 0.121. The molecule has 1 aliphatic rings. The summed E-state index contributed by atoms with van der Waals surface area (Å²) in [6.07, 6.45) is 1.91. The summed E-state index contributed by atoms with van der Waals surface area (Å²) >= 11 is 0. The van der Waals surface area contributed by atoms with E-state index in [0.717, 1.165) is 12.8 Å². The van der Waals surface area contributed by atoms with Gasteiger partial charge in [0.1, 0.15) is 11.5 Å². The second kappa shape index (κ2) is 7.01. The Morgan fingerprint density at radius 3 is 2.77 bits per heavy atom. The second-order valence-electron chi connectivity index (χ2n) is 6.45. The van der Waals surface area contributed by atoms with Gasteiger partial charge in [0.15, 0.2) is 0 Å². The third-order valence-electron chi connectivity index (χ3n) is 4.26. The first-order valence-electron chi connectivity index (χ1n) is 7.77. The van der Waals surface area contributed by atoms with Crippen molar-refractivity contribution in [3.8, 4) is 11.5 Å². The van der Waals surface area contributed by atoms with E-state index in [1.165, 1.54) is 0 Å². The number of rotatable bonds is 8. The van der Waals surface area contributed by atoms with Gasteiger partial charge >= 0.3 is 0 Å². The highest BCUT2D eigenvalue weighted by Crippen LogP contribution is 2.51. The van der Waals surface area contributed by atoms with Gasteiger partial charge in [0.25, 0.3) is 5.91 Å². The predicted octanol–water partition coefficient (Wildman–Crippen LogP) is 2.20. The van der Waals surface area contributed by atoms with Crippen LogP contribution in [0.5, 0.6) is 11.5 Å². The molecule has 122 valence electrons. The molecular formula is C17H26N2O3. The van der Waals surface area contributed by atoms with Crippen LogP contribution in [0.25, 0.3) is 0 Å². The molecule has 1 fully saturated rings. The fraction of sp³-hybridized carbons (Fsp3) is 0.588. The Kier molecular flexibility index (Phi) is 5.29. The van der Waals surface area contributed by atoms with Crippen molar-refractivity contribution in [2.24, 2.45) is 17.1 Å². The first-order valence-corrected chi connectivity index (χ1v) is 7.77. The molecule has 1 aliphatic carbocycles. The van der Waals surface area contributed by atoms with E-state index in [4.69, 9.17) is 15.2 Å². The molecule has 1 saturated carbocycles. The van der Waals surface area contributed by atoms with Crippen molar-refractivity contribution in [2.45, 2.75) is 26.7 Å². The molecule has 0 spiro atoms. The van der Waals surface area contributed by atoms with E-state index >= 15 is 0 Å². The van der Waals surface area contributed by atoms with E-state index in [2.05, 4.69) is 19.2 Å². The van der Waals surface area contributed by atoms with Gasteiger partial charge in [-0.1, -0.05) is 13.8 Å². The maximum absolute atomic E-state index is 12.4. The summed E-state index contributed by atoms with van der Waals surface area (Å²) < 4.78 is 10.9. The number of carbonyl (C=O) groups excluding carboxylic acids is 1. The Hall–Kier alpha value is -1.75. The highest BCUT2D eigenvalue weighted by atomic mass is 16.5. The lowest BCUT2D eigenvalue weighted by molar-refractivity contribution is 0.0946. The summed E-state index contributed by atoms with van der Waals surface area (Å²) in [4.78, 5) is 12.4. The molecule has 0 radical (unpaired) electrons. The standard InChI is InChI=1S/C17H26N2O3/c1-17(2)10-12(17)11-19-16(20)14-9-13(21-3)5-6-15(14)22-8-4-7-18/h5-6,9,12H,4,7-8,10-11,18H2,1-3H3,(H,19,20). The lowest BCUT2D eigenvalue weighted by Crippen LogP contribution is -2.27. The normalized spacial score (nSPS) is 18.6. The molecule has 0 aromatic heterocycles. The van der Waals surface area contributed by atoms with Crippen LogP contribution in [-0.4, -0.2) is 32.7 Å². The van der Waals surface area contributed by atoms with E-state index in [1.807, 2.05) is 0 Å². The van der Waals surface area contributed by atoms with E-state index in [0.29, 0.717) is 48.1 Å². The van der Waals surface area contributed by atoms with Gasteiger partial charge in [-0.15, -0.1) is 0 Å². The van der Waals surface area contributed by atoms with E-state index in [9.17, 15) is 4.79 Å². The van der Waals surface area contributed by atoms with Crippen LogP contribution in [0, 0.1) is 11.3 Å². The van der Waals surface area contributed by atoms with Gasteiger partial charge in [0.05, 0.1) is 19.3 Å². The molecule has 1 aromatic carbocycles. The topological polar surface area (TPSA) is 73.6 Å². The minimum Gasteiger partial charge on any atom is -0.497 e. The van der Waals surface area contributed by atoms with Crippen molar-refractivity contribution in [2.75, 3.05) is 26.8 Å². The number of benzene rings is 1. The summed E-state index contributed by atoms with van der Waals surface area (Å²) in [7, 11) is 1.58. The smallest absolute Gasteiger partial charge is 0.255 e. The molecule has 3 N–H and O–H groups in total. The van der Waals surface area contributed by atoms with Crippen LogP contribution < -0.4 is 20.5 Å². The minimum atomic E-state index is -0.121. The number of nitrogens with one attached hydrogen (secondary N) is 1. The molecule has 0 aliphatic heterocycles. The Bertz CT molecular complexity index is 529. The van der Waals surface area contributed by atoms with Crippen molar-refractivity contribution < 1.29 is 14.3 Å². The molecule has 1 aromatic rings. The molecule has 0 bridgehead atoms. The molecule has 2 rings (SSSR count). The average molecular weight is 306 g/mol. The largest absolute Gasteiger partial charge is 0.497 e. The summed E-state index contributed by atoms with van der Waals surface area (Å²) in [6.45, 7) is 6.20. The Labute approximate surface area is 132 Å². The van der Waals surface area contributed by atoms with Gasteiger partial charge in [0, 0.05) is 6.54 Å². The van der Waals surface area contributed by atoms with E-state index in [1.54, 1.807) is 25.3 Å². The number of carbonyl (C=O) groups is 1. The van der Waals surface area contributed by atoms with Crippen molar-refractivity contribution in [3.05, 3.63) is 23.8 Å². The van der Waals surface area contributed by atoms with Crippen LogP contribution in [0.4, 0.5) is 0 Å². The molecule has 1 unspecified atom stereocenters. The summed E-state index contributed by atoms with van der Waals surface area (Å²) in [6, 6.07) is 5.27. The molecule has 1 amide bonds. The number of amides is 1. The van der Waals surface area contributed by atoms with Crippen LogP contribution in [0.1, 0.15) is 37.0 Å². The predicted molar refractivity (Wildman–Crippen MR) is 86.4 cm³/mol. The summed E-state index contributed by atoms with van der Waals surface area (Å²) in [5.74, 6) is 1.65. The monoisotopic (exact) mass is 306 g/mol. The van der Waals surface area contributed by atoms with Crippen LogP contribution in [0.2, 0.25) is 0 Å². The van der Waals surface area contributed by atoms with E-state index < -0.39 is 0 Å². The zero-order chi connectivity index (χ0) is 16.2. The average Bonchev–Trinajstić information content (AvgIpc) is 3.12. The molecule has 5 heteroatoms. The SMILES string of the molecule is COc1ccc(OCCCN)c(C(=O)NCC2CC2(C)C)c1. The maximum atomic E-state index is 12.4. The number of nitrogens with two attached hydrogens (primary N) is 1. The number of methoxy groups -OCH3 is 1. The van der Waals surface area contributed by atoms with Crippen LogP contribution in [-0.2, 0) is 0 Å². The molecule has 0 heterocycles. The zero-order valence-corrected chi connectivity index (χ0v) is 13.6. The molecule has 5 nitrogen and oxygen atoms in total. The molecule has 22 heavy (non-hydrogen) atoms. The van der Waals surface area contributed by atoms with Crippen LogP contribution >= 0.6 is 0 Å². The Balaban J connectivity index is 2.03. The number of ether oxygens (including phenoxy) is 2. The third kappa shape index (κ3) is 4.13. The van der Waals surface area contributed by atoms with Crippen molar-refractivity contribution in [1.29, 1.82) is 0 Å². The van der Waals surface area contributed by atoms with Gasteiger partial charge in [-0.3, -0.25) is 4.79 Å². The summed E-state index contributed by atoms with van der Waals surface area (Å²) in [5.41, 5.74) is 6.33. The second-order valence-corrected chi connectivity index (χ2v) is 6.45. The van der Waals surface area contributed by atoms with Crippen molar-refractivity contribution in [3.63, 3.8) is 0 Å². The third-order valence-corrected chi connectivity index (χ3v) is 4.26. The van der Waals surface area contributed by atoms with Gasteiger partial charge in [-0.25, -0.2) is 0 Å². The fourth-order valence-corrected chi connectivity index (χ4v) is 2.44. The first kappa shape index (κ1) is 16.6. The lowest BCUT2D eigenvalue weighted by Gasteiger charge is -2.13. The first-order chi connectivity index (χ1) is 10.5. The maximum Gasteiger partial charge on any atom is 0.255 e. The molecule has 0 saturated heterocycles. The lowest BCUT2D eigenvalue weighted by atomic mass is 10.1. The highest BCUT2D eigenvalue weighted by Gasteiger charge is 2.45. The van der Waals surface area contributed by atoms with Gasteiger partial charge in [0.2, 0.25) is 0 Å². The number of hydrogen-bond donors (Lipinski definition) is 2. The highest BCUT2D eigenvalue weighted by molar-refractivity contribution is 5.97. The van der Waals surface area contributed by atoms with Gasteiger partial charge in [-0.05, 0) is 48.9 Å². The van der Waals surface area contributed by atoms with Crippen molar-refractivity contribution in [1.82, 2.24) is 5.32 Å².